The summed E-state index contributed by atoms with van der Waals surface area (Å²) < 4.78 is 0. The first-order valence-corrected chi connectivity index (χ1v) is 17.8. The van der Waals surface area contributed by atoms with Crippen molar-refractivity contribution in [3.8, 4) is 0 Å². The first-order valence-electron chi connectivity index (χ1n) is 15.1. The Kier molecular flexibility index (Phi) is 15.2. The van der Waals surface area contributed by atoms with Crippen LogP contribution in [0.4, 0.5) is 5.69 Å². The third-order valence-corrected chi connectivity index (χ3v) is 11.8. The molecule has 0 aliphatic heterocycles. The predicted octanol–water partition coefficient (Wildman–Crippen LogP) is 8.97. The largest absolute Gasteiger partial charge is 0.145 e. The number of benzene rings is 7. The van der Waals surface area contributed by atoms with E-state index in [1.807, 2.05) is 6.07 Å². The van der Waals surface area contributed by atoms with E-state index in [1.54, 1.807) is 24.3 Å². The van der Waals surface area contributed by atoms with Crippen molar-refractivity contribution in [1.29, 1.82) is 0 Å². The van der Waals surface area contributed by atoms with Gasteiger partial charge in [-0.25, -0.2) is 0 Å². The van der Waals surface area contributed by atoms with Gasteiger partial charge in [-0.1, -0.05) is 200 Å². The summed E-state index contributed by atoms with van der Waals surface area (Å²) >= 11 is 0. The Balaban J connectivity index is 0.000000171. The van der Waals surface area contributed by atoms with Gasteiger partial charge in [0.25, 0.3) is 0 Å². The molecule has 0 spiro atoms. The van der Waals surface area contributed by atoms with E-state index in [9.17, 15) is 4.91 Å². The topological polar surface area (TPSA) is 29.4 Å². The van der Waals surface area contributed by atoms with Gasteiger partial charge < -0.3 is 0 Å². The molecule has 0 amide bonds. The van der Waals surface area contributed by atoms with E-state index < -0.39 is 15.8 Å². The summed E-state index contributed by atoms with van der Waals surface area (Å²) in [5, 5.41) is 11.1. The average molecular weight is 827 g/mol. The zero-order valence-electron chi connectivity index (χ0n) is 25.8. The molecule has 0 saturated carbocycles. The molecule has 0 aliphatic carbocycles. The SMILES string of the molecule is O=Nc1ccccc1.[Pt].c1ccc(P(c2ccccc2)c2ccccc2)cc1.c1ccc(P(c2ccccc2)c2ccccc2)cc1. The minimum absolute atomic E-state index is 0. The molecule has 0 aliphatic rings. The van der Waals surface area contributed by atoms with Crippen LogP contribution in [0.15, 0.2) is 217 Å². The normalized spacial score (nSPS) is 10.0. The monoisotopic (exact) mass is 826 g/mol. The molecule has 5 heteroatoms. The van der Waals surface area contributed by atoms with E-state index in [-0.39, 0.29) is 21.1 Å². The Morgan fingerprint density at radius 2 is 0.447 bits per heavy atom. The molecule has 0 radical (unpaired) electrons. The third kappa shape index (κ3) is 10.9. The van der Waals surface area contributed by atoms with E-state index in [0.29, 0.717) is 5.69 Å². The molecular formula is C42H35NOP2Pt. The van der Waals surface area contributed by atoms with E-state index in [0.717, 1.165) is 0 Å². The summed E-state index contributed by atoms with van der Waals surface area (Å²) in [6.07, 6.45) is 0. The maximum Gasteiger partial charge on any atom is 0.107 e. The van der Waals surface area contributed by atoms with Crippen LogP contribution >= 0.6 is 15.8 Å². The number of nitroso groups, excluding NO2 is 1. The van der Waals surface area contributed by atoms with E-state index >= 15 is 0 Å². The Morgan fingerprint density at radius 3 is 0.596 bits per heavy atom. The molecule has 7 aromatic carbocycles. The fourth-order valence-electron chi connectivity index (χ4n) is 4.85. The van der Waals surface area contributed by atoms with E-state index in [1.165, 1.54) is 31.8 Å². The summed E-state index contributed by atoms with van der Waals surface area (Å²) in [5.41, 5.74) is 0.479. The molecule has 0 N–H and O–H groups in total. The zero-order chi connectivity index (χ0) is 31.7. The van der Waals surface area contributed by atoms with Crippen LogP contribution in [-0.4, -0.2) is 0 Å². The maximum absolute atomic E-state index is 9.76. The molecule has 2 nitrogen and oxygen atoms in total. The van der Waals surface area contributed by atoms with Gasteiger partial charge in [0.05, 0.1) is 0 Å². The van der Waals surface area contributed by atoms with Crippen LogP contribution in [0.1, 0.15) is 0 Å². The van der Waals surface area contributed by atoms with Crippen molar-refractivity contribution in [3.63, 3.8) is 0 Å². The minimum Gasteiger partial charge on any atom is -0.145 e. The van der Waals surface area contributed by atoms with Gasteiger partial charge in [0.1, 0.15) is 5.69 Å². The molecule has 0 saturated heterocycles. The van der Waals surface area contributed by atoms with Crippen molar-refractivity contribution < 1.29 is 21.1 Å². The van der Waals surface area contributed by atoms with Crippen LogP contribution in [0.2, 0.25) is 0 Å². The number of hydrogen-bond acceptors (Lipinski definition) is 2. The quantitative estimate of drug-likeness (QED) is 0.117. The van der Waals surface area contributed by atoms with Gasteiger partial charge in [-0.05, 0) is 65.0 Å². The molecule has 0 fully saturated rings. The van der Waals surface area contributed by atoms with Gasteiger partial charge in [-0.3, -0.25) is 0 Å². The molecule has 0 atom stereocenters. The van der Waals surface area contributed by atoms with Crippen LogP contribution < -0.4 is 31.8 Å². The Morgan fingerprint density at radius 1 is 0.277 bits per heavy atom. The van der Waals surface area contributed by atoms with Gasteiger partial charge in [0.2, 0.25) is 0 Å². The van der Waals surface area contributed by atoms with Gasteiger partial charge in [0.15, 0.2) is 0 Å². The van der Waals surface area contributed by atoms with Gasteiger partial charge >= 0.3 is 0 Å². The average Bonchev–Trinajstić information content (AvgIpc) is 3.15. The summed E-state index contributed by atoms with van der Waals surface area (Å²) in [4.78, 5) is 9.76. The van der Waals surface area contributed by atoms with Crippen molar-refractivity contribution in [2.24, 2.45) is 5.18 Å². The predicted molar refractivity (Wildman–Crippen MR) is 202 cm³/mol. The second kappa shape index (κ2) is 20.0. The van der Waals surface area contributed by atoms with E-state index in [2.05, 4.69) is 187 Å². The number of hydrogen-bond donors (Lipinski definition) is 0. The Hall–Kier alpha value is -4.31. The first-order chi connectivity index (χ1) is 22.8. The zero-order valence-corrected chi connectivity index (χ0v) is 29.8. The summed E-state index contributed by atoms with van der Waals surface area (Å²) in [5.74, 6) is 0. The number of nitrogens with zero attached hydrogens (tertiary/aromatic N) is 1. The summed E-state index contributed by atoms with van der Waals surface area (Å²) in [6, 6.07) is 73.4. The van der Waals surface area contributed by atoms with Crippen molar-refractivity contribution in [1.82, 2.24) is 0 Å². The molecular weight excluding hydrogens is 791 g/mol. The standard InChI is InChI=1S/2C18H15P.C6H5NO.Pt/c2*1-4-10-16(11-5-1)19(17-12-6-2-7-13-17)18-14-8-3-9-15-18;8-7-6-4-2-1-3-5-6;/h2*1-15H;1-5H;. The molecule has 0 aromatic heterocycles. The fourth-order valence-corrected chi connectivity index (χ4v) is 9.46. The number of rotatable bonds is 7. The molecule has 0 unspecified atom stereocenters. The molecule has 234 valence electrons. The maximum atomic E-state index is 9.76. The second-order valence-electron chi connectivity index (χ2n) is 10.1. The Labute approximate surface area is 295 Å². The van der Waals surface area contributed by atoms with Crippen molar-refractivity contribution in [2.75, 3.05) is 0 Å². The minimum atomic E-state index is -0.446. The van der Waals surface area contributed by atoms with Crippen LogP contribution in [-0.2, 0) is 21.1 Å². The van der Waals surface area contributed by atoms with Crippen LogP contribution in [0.3, 0.4) is 0 Å². The van der Waals surface area contributed by atoms with Crippen LogP contribution in [0.5, 0.6) is 0 Å². The van der Waals surface area contributed by atoms with E-state index in [4.69, 9.17) is 0 Å². The molecule has 0 heterocycles. The van der Waals surface area contributed by atoms with Crippen molar-refractivity contribution >= 4 is 53.4 Å². The van der Waals surface area contributed by atoms with Gasteiger partial charge in [-0.2, -0.15) is 0 Å². The van der Waals surface area contributed by atoms with Crippen LogP contribution in [0.25, 0.3) is 0 Å². The Bertz CT molecular complexity index is 1520. The summed E-state index contributed by atoms with van der Waals surface area (Å²) in [6.45, 7) is 0. The molecule has 7 aromatic rings. The van der Waals surface area contributed by atoms with Crippen LogP contribution in [0, 0.1) is 4.91 Å². The fraction of sp³-hybridized carbons (Fsp3) is 0. The first kappa shape index (κ1) is 35.5. The van der Waals surface area contributed by atoms with Gasteiger partial charge in [-0.15, -0.1) is 4.91 Å². The van der Waals surface area contributed by atoms with Crippen molar-refractivity contribution in [3.05, 3.63) is 217 Å². The molecule has 0 bridgehead atoms. The summed E-state index contributed by atoms with van der Waals surface area (Å²) in [7, 11) is -0.892. The van der Waals surface area contributed by atoms with Crippen molar-refractivity contribution in [2.45, 2.75) is 0 Å². The second-order valence-corrected chi connectivity index (χ2v) is 14.6. The molecule has 7 rings (SSSR count). The smallest absolute Gasteiger partial charge is 0.107 e. The third-order valence-electron chi connectivity index (χ3n) is 6.95. The molecule has 47 heavy (non-hydrogen) atoms. The van der Waals surface area contributed by atoms with Gasteiger partial charge in [0, 0.05) is 21.1 Å².